The number of hydrogen-bond donors (Lipinski definition) is 1. The van der Waals surface area contributed by atoms with Gasteiger partial charge in [0.25, 0.3) is 11.5 Å². The molecule has 0 aliphatic heterocycles. The number of H-pyrrole nitrogens is 1. The third kappa shape index (κ3) is 3.70. The van der Waals surface area contributed by atoms with E-state index in [9.17, 15) is 14.0 Å². The Morgan fingerprint density at radius 3 is 2.54 bits per heavy atom. The molecule has 144 valence electrons. The topological polar surface area (TPSA) is 53.2 Å². The van der Waals surface area contributed by atoms with Crippen LogP contribution in [0.15, 0.2) is 53.3 Å². The van der Waals surface area contributed by atoms with Crippen LogP contribution < -0.4 is 5.56 Å². The Balaban J connectivity index is 1.69. The molecule has 5 heteroatoms. The van der Waals surface area contributed by atoms with Crippen molar-refractivity contribution in [3.63, 3.8) is 0 Å². The first-order valence-electron chi connectivity index (χ1n) is 9.70. The average Bonchev–Trinajstić information content (AvgIpc) is 3.21. The van der Waals surface area contributed by atoms with E-state index in [4.69, 9.17) is 0 Å². The van der Waals surface area contributed by atoms with E-state index in [1.54, 1.807) is 4.90 Å². The molecule has 1 aliphatic carbocycles. The largest absolute Gasteiger partial charge is 0.331 e. The van der Waals surface area contributed by atoms with Crippen LogP contribution in [0.5, 0.6) is 0 Å². The zero-order valence-corrected chi connectivity index (χ0v) is 15.9. The Morgan fingerprint density at radius 2 is 1.82 bits per heavy atom. The van der Waals surface area contributed by atoms with Crippen molar-refractivity contribution in [1.29, 1.82) is 0 Å². The second-order valence-corrected chi connectivity index (χ2v) is 7.59. The molecule has 0 radical (unpaired) electrons. The number of carbonyl (C=O) groups is 1. The van der Waals surface area contributed by atoms with Gasteiger partial charge in [-0.15, -0.1) is 0 Å². The number of aromatic nitrogens is 1. The van der Waals surface area contributed by atoms with Crippen LogP contribution in [0.3, 0.4) is 0 Å². The number of rotatable bonds is 4. The molecular formula is C23H23FN2O2. The van der Waals surface area contributed by atoms with Crippen LogP contribution in [0, 0.1) is 12.7 Å². The van der Waals surface area contributed by atoms with Crippen molar-refractivity contribution in [1.82, 2.24) is 9.88 Å². The molecule has 0 unspecified atom stereocenters. The van der Waals surface area contributed by atoms with Crippen LogP contribution in [0.1, 0.15) is 47.2 Å². The summed E-state index contributed by atoms with van der Waals surface area (Å²) in [6, 6.07) is 13.5. The number of pyridine rings is 1. The summed E-state index contributed by atoms with van der Waals surface area (Å²) >= 11 is 0. The van der Waals surface area contributed by atoms with E-state index in [-0.39, 0.29) is 29.9 Å². The Morgan fingerprint density at radius 1 is 1.11 bits per heavy atom. The first-order chi connectivity index (χ1) is 13.5. The van der Waals surface area contributed by atoms with Crippen molar-refractivity contribution in [3.05, 3.63) is 81.4 Å². The molecule has 1 N–H and O–H groups in total. The van der Waals surface area contributed by atoms with Gasteiger partial charge in [-0.05, 0) is 67.1 Å². The minimum absolute atomic E-state index is 0.102. The number of amides is 1. The van der Waals surface area contributed by atoms with Gasteiger partial charge in [-0.3, -0.25) is 9.59 Å². The van der Waals surface area contributed by atoms with Gasteiger partial charge in [0.1, 0.15) is 5.82 Å². The fourth-order valence-electron chi connectivity index (χ4n) is 4.00. The number of fused-ring (bicyclic) bond motifs is 1. The number of hydrogen-bond acceptors (Lipinski definition) is 2. The Bertz CT molecular complexity index is 1070. The molecule has 0 bridgehead atoms. The van der Waals surface area contributed by atoms with Crippen LogP contribution in [-0.2, 0) is 6.54 Å². The number of nitrogens with one attached hydrogen (secondary N) is 1. The Labute approximate surface area is 163 Å². The number of aromatic amines is 1. The number of halogens is 1. The lowest BCUT2D eigenvalue weighted by Gasteiger charge is -2.29. The van der Waals surface area contributed by atoms with Gasteiger partial charge >= 0.3 is 0 Å². The van der Waals surface area contributed by atoms with E-state index in [1.807, 2.05) is 31.2 Å². The molecular weight excluding hydrogens is 355 g/mol. The number of benzene rings is 2. The van der Waals surface area contributed by atoms with Gasteiger partial charge in [0, 0.05) is 22.7 Å². The predicted molar refractivity (Wildman–Crippen MR) is 108 cm³/mol. The van der Waals surface area contributed by atoms with Crippen LogP contribution in [0.4, 0.5) is 4.39 Å². The summed E-state index contributed by atoms with van der Waals surface area (Å²) in [5.74, 6) is -0.527. The van der Waals surface area contributed by atoms with E-state index in [2.05, 4.69) is 4.98 Å². The maximum atomic E-state index is 13.3. The highest BCUT2D eigenvalue weighted by molar-refractivity contribution is 5.94. The average molecular weight is 378 g/mol. The standard InChI is InChI=1S/C23H23FN2O2/c1-15-6-7-17-13-18(22(27)25-21(17)12-15)14-26(20-4-2-3-5-20)23(28)16-8-10-19(24)11-9-16/h6-13,20H,2-5,14H2,1H3,(H,25,27). The molecule has 1 saturated carbocycles. The summed E-state index contributed by atoms with van der Waals surface area (Å²) in [5, 5.41) is 0.945. The number of aryl methyl sites for hydroxylation is 1. The zero-order valence-electron chi connectivity index (χ0n) is 15.9. The maximum absolute atomic E-state index is 13.3. The number of nitrogens with zero attached hydrogens (tertiary/aromatic N) is 1. The molecule has 1 aromatic heterocycles. The van der Waals surface area contributed by atoms with Gasteiger partial charge < -0.3 is 9.88 Å². The molecule has 0 saturated heterocycles. The van der Waals surface area contributed by atoms with Gasteiger partial charge in [0.15, 0.2) is 0 Å². The molecule has 4 nitrogen and oxygen atoms in total. The zero-order chi connectivity index (χ0) is 19.7. The molecule has 1 aliphatic rings. The molecule has 28 heavy (non-hydrogen) atoms. The van der Waals surface area contributed by atoms with E-state index in [0.717, 1.165) is 42.1 Å². The van der Waals surface area contributed by atoms with Gasteiger partial charge in [-0.25, -0.2) is 4.39 Å². The first-order valence-corrected chi connectivity index (χ1v) is 9.70. The first kappa shape index (κ1) is 18.4. The normalized spacial score (nSPS) is 14.5. The molecule has 1 heterocycles. The van der Waals surface area contributed by atoms with Crippen LogP contribution in [-0.4, -0.2) is 21.8 Å². The van der Waals surface area contributed by atoms with E-state index in [0.29, 0.717) is 11.1 Å². The fourth-order valence-corrected chi connectivity index (χ4v) is 4.00. The van der Waals surface area contributed by atoms with Crippen LogP contribution >= 0.6 is 0 Å². The van der Waals surface area contributed by atoms with Crippen molar-refractivity contribution in [3.8, 4) is 0 Å². The van der Waals surface area contributed by atoms with Gasteiger partial charge in [0.2, 0.25) is 0 Å². The lowest BCUT2D eigenvalue weighted by Crippen LogP contribution is -2.39. The summed E-state index contributed by atoms with van der Waals surface area (Å²) in [7, 11) is 0. The SMILES string of the molecule is Cc1ccc2cc(CN(C(=O)c3ccc(F)cc3)C3CCCC3)c(=O)[nH]c2c1. The minimum Gasteiger partial charge on any atom is -0.331 e. The second-order valence-electron chi connectivity index (χ2n) is 7.59. The molecule has 3 aromatic rings. The molecule has 1 fully saturated rings. The molecule has 1 amide bonds. The lowest BCUT2D eigenvalue weighted by molar-refractivity contribution is 0.0663. The molecule has 0 atom stereocenters. The van der Waals surface area contributed by atoms with Crippen molar-refractivity contribution in [2.75, 3.05) is 0 Å². The Hall–Kier alpha value is -2.95. The monoisotopic (exact) mass is 378 g/mol. The quantitative estimate of drug-likeness (QED) is 0.724. The highest BCUT2D eigenvalue weighted by Gasteiger charge is 2.28. The lowest BCUT2D eigenvalue weighted by atomic mass is 10.1. The van der Waals surface area contributed by atoms with E-state index in [1.165, 1.54) is 24.3 Å². The summed E-state index contributed by atoms with van der Waals surface area (Å²) < 4.78 is 13.3. The van der Waals surface area contributed by atoms with Gasteiger partial charge in [-0.1, -0.05) is 25.0 Å². The smallest absolute Gasteiger partial charge is 0.254 e. The summed E-state index contributed by atoms with van der Waals surface area (Å²) in [4.78, 5) is 30.5. The van der Waals surface area contributed by atoms with Crippen molar-refractivity contribution in [2.24, 2.45) is 0 Å². The molecule has 0 spiro atoms. The fraction of sp³-hybridized carbons (Fsp3) is 0.304. The van der Waals surface area contributed by atoms with Crippen molar-refractivity contribution < 1.29 is 9.18 Å². The highest BCUT2D eigenvalue weighted by atomic mass is 19.1. The van der Waals surface area contributed by atoms with Gasteiger partial charge in [-0.2, -0.15) is 0 Å². The Kier molecular flexibility index (Phi) is 4.99. The predicted octanol–water partition coefficient (Wildman–Crippen LogP) is 4.56. The van der Waals surface area contributed by atoms with E-state index < -0.39 is 0 Å². The third-order valence-corrected chi connectivity index (χ3v) is 5.54. The van der Waals surface area contributed by atoms with Crippen LogP contribution in [0.2, 0.25) is 0 Å². The van der Waals surface area contributed by atoms with E-state index >= 15 is 0 Å². The van der Waals surface area contributed by atoms with Gasteiger partial charge in [0.05, 0.1) is 6.54 Å². The molecule has 2 aromatic carbocycles. The maximum Gasteiger partial charge on any atom is 0.254 e. The van der Waals surface area contributed by atoms with Crippen molar-refractivity contribution >= 4 is 16.8 Å². The third-order valence-electron chi connectivity index (χ3n) is 5.54. The number of carbonyl (C=O) groups excluding carboxylic acids is 1. The summed E-state index contributed by atoms with van der Waals surface area (Å²) in [6.07, 6.45) is 4.01. The van der Waals surface area contributed by atoms with Crippen molar-refractivity contribution in [2.45, 2.75) is 45.2 Å². The minimum atomic E-state index is -0.370. The molecule has 4 rings (SSSR count). The van der Waals surface area contributed by atoms with Crippen LogP contribution in [0.25, 0.3) is 10.9 Å². The highest BCUT2D eigenvalue weighted by Crippen LogP contribution is 2.26. The second kappa shape index (κ2) is 7.58. The summed E-state index contributed by atoms with van der Waals surface area (Å²) in [5.41, 5.74) is 2.72. The summed E-state index contributed by atoms with van der Waals surface area (Å²) in [6.45, 7) is 2.23.